The highest BCUT2D eigenvalue weighted by molar-refractivity contribution is 5.34. The molecule has 0 radical (unpaired) electrons. The maximum absolute atomic E-state index is 14.2. The van der Waals surface area contributed by atoms with Gasteiger partial charge in [0.15, 0.2) is 0 Å². The van der Waals surface area contributed by atoms with Crippen LogP contribution in [0, 0.1) is 5.82 Å². The van der Waals surface area contributed by atoms with E-state index in [0.717, 1.165) is 25.2 Å². The van der Waals surface area contributed by atoms with E-state index in [1.54, 1.807) is 25.4 Å². The normalized spacial score (nSPS) is 24.1. The molecule has 1 aromatic carbocycles. The molecule has 0 bridgehead atoms. The summed E-state index contributed by atoms with van der Waals surface area (Å²) in [7, 11) is 1.57. The summed E-state index contributed by atoms with van der Waals surface area (Å²) in [6.45, 7) is 2.71. The largest absolute Gasteiger partial charge is 0.496 e. The van der Waals surface area contributed by atoms with E-state index in [1.165, 1.54) is 6.07 Å². The van der Waals surface area contributed by atoms with Crippen molar-refractivity contribution in [2.45, 2.75) is 31.7 Å². The van der Waals surface area contributed by atoms with Gasteiger partial charge in [-0.25, -0.2) is 9.07 Å². The Morgan fingerprint density at radius 1 is 1.43 bits per heavy atom. The van der Waals surface area contributed by atoms with Gasteiger partial charge in [0.2, 0.25) is 0 Å². The molecule has 1 saturated heterocycles. The number of fused-ring (bicyclic) bond motifs is 3. The average Bonchev–Trinajstić information content (AvgIpc) is 3.06. The van der Waals surface area contributed by atoms with Crippen molar-refractivity contribution in [3.05, 3.63) is 41.5 Å². The van der Waals surface area contributed by atoms with Gasteiger partial charge in [0.1, 0.15) is 11.6 Å². The number of aromatic nitrogens is 3. The SMILES string of the molecule is COc1cccc(F)c1CN1CC[C@@H]2OCc3cnnn3[C@@H]2C1. The fraction of sp³-hybridized carbons (Fsp3) is 0.500. The minimum atomic E-state index is -0.229. The van der Waals surface area contributed by atoms with Crippen LogP contribution in [0.2, 0.25) is 0 Å². The smallest absolute Gasteiger partial charge is 0.131 e. The van der Waals surface area contributed by atoms with Gasteiger partial charge in [-0.1, -0.05) is 11.3 Å². The molecule has 0 saturated carbocycles. The van der Waals surface area contributed by atoms with Crippen LogP contribution in [-0.4, -0.2) is 46.2 Å². The Morgan fingerprint density at radius 2 is 2.35 bits per heavy atom. The van der Waals surface area contributed by atoms with Crippen molar-refractivity contribution in [3.8, 4) is 5.75 Å². The summed E-state index contributed by atoms with van der Waals surface area (Å²) in [4.78, 5) is 2.22. The molecule has 2 atom stereocenters. The summed E-state index contributed by atoms with van der Waals surface area (Å²) in [5.74, 6) is 0.362. The van der Waals surface area contributed by atoms with E-state index in [0.29, 0.717) is 24.5 Å². The molecule has 2 aromatic rings. The van der Waals surface area contributed by atoms with E-state index in [9.17, 15) is 4.39 Å². The molecule has 122 valence electrons. The minimum absolute atomic E-state index is 0.132. The van der Waals surface area contributed by atoms with Crippen LogP contribution in [-0.2, 0) is 17.9 Å². The first-order valence-corrected chi connectivity index (χ1v) is 7.80. The molecule has 0 aliphatic carbocycles. The first-order valence-electron chi connectivity index (χ1n) is 7.80. The highest BCUT2D eigenvalue weighted by atomic mass is 19.1. The maximum Gasteiger partial charge on any atom is 0.131 e. The van der Waals surface area contributed by atoms with Crippen molar-refractivity contribution in [2.24, 2.45) is 0 Å². The number of methoxy groups -OCH3 is 1. The van der Waals surface area contributed by atoms with Crippen LogP contribution in [0.3, 0.4) is 0 Å². The topological polar surface area (TPSA) is 52.4 Å². The molecule has 0 N–H and O–H groups in total. The van der Waals surface area contributed by atoms with E-state index in [-0.39, 0.29) is 18.0 Å². The maximum atomic E-state index is 14.2. The Labute approximate surface area is 133 Å². The van der Waals surface area contributed by atoms with Gasteiger partial charge in [-0.05, 0) is 18.6 Å². The summed E-state index contributed by atoms with van der Waals surface area (Å²) < 4.78 is 27.3. The van der Waals surface area contributed by atoms with Crippen molar-refractivity contribution in [3.63, 3.8) is 0 Å². The lowest BCUT2D eigenvalue weighted by molar-refractivity contribution is -0.0671. The second-order valence-electron chi connectivity index (χ2n) is 6.03. The lowest BCUT2D eigenvalue weighted by Crippen LogP contribution is -2.47. The van der Waals surface area contributed by atoms with Gasteiger partial charge in [-0.3, -0.25) is 4.90 Å². The summed E-state index contributed by atoms with van der Waals surface area (Å²) in [6, 6.07) is 5.07. The summed E-state index contributed by atoms with van der Waals surface area (Å²) >= 11 is 0. The molecule has 1 aromatic heterocycles. The first-order chi connectivity index (χ1) is 11.3. The molecule has 3 heterocycles. The zero-order chi connectivity index (χ0) is 15.8. The van der Waals surface area contributed by atoms with Crippen LogP contribution in [0.25, 0.3) is 0 Å². The van der Waals surface area contributed by atoms with Crippen LogP contribution in [0.15, 0.2) is 24.4 Å². The van der Waals surface area contributed by atoms with Gasteiger partial charge < -0.3 is 9.47 Å². The third kappa shape index (κ3) is 2.60. The number of likely N-dealkylation sites (tertiary alicyclic amines) is 1. The van der Waals surface area contributed by atoms with E-state index < -0.39 is 0 Å². The summed E-state index contributed by atoms with van der Waals surface area (Å²) in [6.07, 6.45) is 2.80. The van der Waals surface area contributed by atoms with Crippen LogP contribution >= 0.6 is 0 Å². The summed E-state index contributed by atoms with van der Waals surface area (Å²) in [5, 5.41) is 8.17. The first kappa shape index (κ1) is 14.6. The molecule has 6 nitrogen and oxygen atoms in total. The Hall–Kier alpha value is -1.99. The van der Waals surface area contributed by atoms with E-state index in [1.807, 2.05) is 4.68 Å². The Bertz CT molecular complexity index is 705. The number of nitrogens with zero attached hydrogens (tertiary/aromatic N) is 4. The van der Waals surface area contributed by atoms with Crippen molar-refractivity contribution in [1.29, 1.82) is 0 Å². The Balaban J connectivity index is 1.55. The highest BCUT2D eigenvalue weighted by Gasteiger charge is 2.36. The molecular formula is C16H19FN4O2. The fourth-order valence-electron chi connectivity index (χ4n) is 3.50. The predicted octanol–water partition coefficient (Wildman–Crippen LogP) is 1.77. The molecule has 2 aliphatic rings. The number of ether oxygens (including phenoxy) is 2. The van der Waals surface area contributed by atoms with Crippen LogP contribution in [0.1, 0.15) is 23.7 Å². The molecule has 4 rings (SSSR count). The number of rotatable bonds is 3. The number of hydrogen-bond acceptors (Lipinski definition) is 5. The zero-order valence-electron chi connectivity index (χ0n) is 13.0. The molecule has 1 fully saturated rings. The molecule has 0 spiro atoms. The average molecular weight is 318 g/mol. The van der Waals surface area contributed by atoms with Crippen molar-refractivity contribution < 1.29 is 13.9 Å². The third-order valence-electron chi connectivity index (χ3n) is 4.69. The number of halogens is 1. The monoisotopic (exact) mass is 318 g/mol. The molecule has 0 unspecified atom stereocenters. The molecule has 2 aliphatic heterocycles. The van der Waals surface area contributed by atoms with E-state index >= 15 is 0 Å². The van der Waals surface area contributed by atoms with Crippen molar-refractivity contribution in [1.82, 2.24) is 19.9 Å². The third-order valence-corrected chi connectivity index (χ3v) is 4.69. The van der Waals surface area contributed by atoms with Crippen LogP contribution in [0.4, 0.5) is 4.39 Å². The Kier molecular flexibility index (Phi) is 3.74. The standard InChI is InChI=1S/C16H19FN4O2/c1-22-15-4-2-3-13(17)12(15)8-20-6-5-16-14(9-20)21-11(10-23-16)7-18-19-21/h2-4,7,14,16H,5-6,8-10H2,1H3/t14-,16+/m1/s1. The lowest BCUT2D eigenvalue weighted by atomic mass is 9.99. The van der Waals surface area contributed by atoms with Gasteiger partial charge in [0.05, 0.1) is 37.8 Å². The van der Waals surface area contributed by atoms with Crippen molar-refractivity contribution >= 4 is 0 Å². The fourth-order valence-corrected chi connectivity index (χ4v) is 3.50. The van der Waals surface area contributed by atoms with E-state index in [4.69, 9.17) is 9.47 Å². The number of hydrogen-bond donors (Lipinski definition) is 0. The highest BCUT2D eigenvalue weighted by Crippen LogP contribution is 2.32. The van der Waals surface area contributed by atoms with Crippen LogP contribution in [0.5, 0.6) is 5.75 Å². The minimum Gasteiger partial charge on any atom is -0.496 e. The van der Waals surface area contributed by atoms with Gasteiger partial charge in [-0.2, -0.15) is 0 Å². The van der Waals surface area contributed by atoms with Gasteiger partial charge in [0, 0.05) is 25.2 Å². The number of piperidine rings is 1. The van der Waals surface area contributed by atoms with Crippen LogP contribution < -0.4 is 4.74 Å². The lowest BCUT2D eigenvalue weighted by Gasteiger charge is -2.41. The summed E-state index contributed by atoms with van der Waals surface area (Å²) in [5.41, 5.74) is 1.60. The van der Waals surface area contributed by atoms with Gasteiger partial charge in [0.25, 0.3) is 0 Å². The van der Waals surface area contributed by atoms with Crippen molar-refractivity contribution in [2.75, 3.05) is 20.2 Å². The zero-order valence-corrected chi connectivity index (χ0v) is 13.0. The second-order valence-corrected chi connectivity index (χ2v) is 6.03. The number of benzene rings is 1. The predicted molar refractivity (Wildman–Crippen MR) is 80.5 cm³/mol. The molecule has 7 heteroatoms. The molecule has 0 amide bonds. The van der Waals surface area contributed by atoms with Gasteiger partial charge in [-0.15, -0.1) is 5.10 Å². The quantitative estimate of drug-likeness (QED) is 0.863. The van der Waals surface area contributed by atoms with Gasteiger partial charge >= 0.3 is 0 Å². The van der Waals surface area contributed by atoms with E-state index in [2.05, 4.69) is 15.2 Å². The Morgan fingerprint density at radius 3 is 3.22 bits per heavy atom. The molecular weight excluding hydrogens is 299 g/mol. The second kappa shape index (κ2) is 5.90. The molecule has 23 heavy (non-hydrogen) atoms.